The molecule has 1 heterocycles. The molecule has 0 spiro atoms. The number of benzene rings is 2. The molecule has 1 unspecified atom stereocenters. The number of ether oxygens (including phenoxy) is 1. The first-order chi connectivity index (χ1) is 9.24. The van der Waals surface area contributed by atoms with Crippen LogP contribution < -0.4 is 10.1 Å². The highest BCUT2D eigenvalue weighted by molar-refractivity contribution is 6.31. The Morgan fingerprint density at radius 2 is 1.70 bits per heavy atom. The van der Waals surface area contributed by atoms with E-state index >= 15 is 0 Å². The molecule has 0 radical (unpaired) electrons. The maximum Gasteiger partial charge on any atom is 0.124 e. The van der Waals surface area contributed by atoms with Gasteiger partial charge in [-0.05, 0) is 35.9 Å². The van der Waals surface area contributed by atoms with Crippen molar-refractivity contribution in [2.45, 2.75) is 6.04 Å². The number of fused-ring (bicyclic) bond motifs is 1. The molecule has 1 atom stereocenters. The summed E-state index contributed by atoms with van der Waals surface area (Å²) in [6.07, 6.45) is 0. The van der Waals surface area contributed by atoms with E-state index in [0.717, 1.165) is 28.4 Å². The Labute approximate surface area is 134 Å². The van der Waals surface area contributed by atoms with Crippen LogP contribution in [0.2, 0.25) is 10.0 Å². The molecule has 3 rings (SSSR count). The second kappa shape index (κ2) is 6.68. The summed E-state index contributed by atoms with van der Waals surface area (Å²) < 4.78 is 5.73. The molecule has 1 N–H and O–H groups in total. The van der Waals surface area contributed by atoms with Crippen molar-refractivity contribution in [3.63, 3.8) is 0 Å². The summed E-state index contributed by atoms with van der Waals surface area (Å²) in [6, 6.07) is 13.6. The van der Waals surface area contributed by atoms with Crippen LogP contribution in [0.25, 0.3) is 0 Å². The number of hydrogen-bond acceptors (Lipinski definition) is 2. The zero-order valence-corrected chi connectivity index (χ0v) is 12.9. The number of hydrogen-bond donors (Lipinski definition) is 1. The minimum absolute atomic E-state index is 0. The van der Waals surface area contributed by atoms with Gasteiger partial charge in [0.05, 0.1) is 6.04 Å². The first kappa shape index (κ1) is 15.5. The van der Waals surface area contributed by atoms with Gasteiger partial charge in [0.1, 0.15) is 12.4 Å². The zero-order chi connectivity index (χ0) is 13.2. The number of rotatable bonds is 1. The van der Waals surface area contributed by atoms with Crippen LogP contribution >= 0.6 is 35.6 Å². The Hall–Kier alpha value is -0.930. The molecule has 0 fully saturated rings. The molecule has 2 aromatic carbocycles. The molecule has 0 aliphatic carbocycles. The molecule has 0 aromatic heterocycles. The predicted molar refractivity (Wildman–Crippen MR) is 85.5 cm³/mol. The van der Waals surface area contributed by atoms with E-state index in [-0.39, 0.29) is 18.4 Å². The molecule has 0 saturated heterocycles. The lowest BCUT2D eigenvalue weighted by Gasteiger charge is -2.18. The molecule has 0 amide bonds. The van der Waals surface area contributed by atoms with Gasteiger partial charge in [-0.2, -0.15) is 0 Å². The molecule has 106 valence electrons. The fraction of sp³-hybridized carbons (Fsp3) is 0.200. The third kappa shape index (κ3) is 3.21. The molecule has 20 heavy (non-hydrogen) atoms. The van der Waals surface area contributed by atoms with Gasteiger partial charge in [0.2, 0.25) is 0 Å². The Morgan fingerprint density at radius 3 is 2.45 bits per heavy atom. The second-order valence-corrected chi connectivity index (χ2v) is 5.34. The van der Waals surface area contributed by atoms with Gasteiger partial charge in [-0.25, -0.2) is 0 Å². The molecule has 2 nitrogen and oxygen atoms in total. The van der Waals surface area contributed by atoms with Gasteiger partial charge < -0.3 is 10.1 Å². The zero-order valence-electron chi connectivity index (χ0n) is 10.6. The van der Waals surface area contributed by atoms with E-state index in [2.05, 4.69) is 5.32 Å². The first-order valence-corrected chi connectivity index (χ1v) is 6.91. The van der Waals surface area contributed by atoms with Crippen LogP contribution in [0.1, 0.15) is 17.2 Å². The molecule has 2 aromatic rings. The molecule has 1 aliphatic rings. The van der Waals surface area contributed by atoms with E-state index in [1.165, 1.54) is 0 Å². The lowest BCUT2D eigenvalue weighted by Crippen LogP contribution is -2.23. The van der Waals surface area contributed by atoms with Crippen molar-refractivity contribution in [3.8, 4) is 5.75 Å². The summed E-state index contributed by atoms with van der Waals surface area (Å²) in [7, 11) is 0. The highest BCUT2D eigenvalue weighted by Crippen LogP contribution is 2.34. The quantitative estimate of drug-likeness (QED) is 0.832. The summed E-state index contributed by atoms with van der Waals surface area (Å²) in [5.74, 6) is 0.884. The largest absolute Gasteiger partial charge is 0.492 e. The van der Waals surface area contributed by atoms with Gasteiger partial charge in [-0.1, -0.05) is 35.3 Å². The third-order valence-corrected chi connectivity index (χ3v) is 3.68. The third-order valence-electron chi connectivity index (χ3n) is 3.19. The maximum absolute atomic E-state index is 6.10. The highest BCUT2D eigenvalue weighted by atomic mass is 35.5. The van der Waals surface area contributed by atoms with Crippen molar-refractivity contribution >= 4 is 35.6 Å². The summed E-state index contributed by atoms with van der Waals surface area (Å²) in [6.45, 7) is 1.44. The van der Waals surface area contributed by atoms with Crippen molar-refractivity contribution in [2.75, 3.05) is 13.2 Å². The second-order valence-electron chi connectivity index (χ2n) is 4.47. The number of nitrogens with one attached hydrogen (secondary N) is 1. The van der Waals surface area contributed by atoms with Gasteiger partial charge in [-0.15, -0.1) is 12.4 Å². The number of halogens is 3. The van der Waals surface area contributed by atoms with Crippen LogP contribution in [-0.2, 0) is 0 Å². The van der Waals surface area contributed by atoms with E-state index in [1.807, 2.05) is 42.5 Å². The Kier molecular flexibility index (Phi) is 5.17. The van der Waals surface area contributed by atoms with E-state index in [9.17, 15) is 0 Å². The lowest BCUT2D eigenvalue weighted by molar-refractivity contribution is 0.325. The maximum atomic E-state index is 6.10. The van der Waals surface area contributed by atoms with Crippen molar-refractivity contribution in [3.05, 3.63) is 63.6 Å². The van der Waals surface area contributed by atoms with Crippen molar-refractivity contribution in [2.24, 2.45) is 0 Å². The summed E-state index contributed by atoms with van der Waals surface area (Å²) >= 11 is 12.0. The van der Waals surface area contributed by atoms with Gasteiger partial charge in [0.15, 0.2) is 0 Å². The average Bonchev–Trinajstić information content (AvgIpc) is 2.62. The SMILES string of the molecule is Cl.Clc1ccc(C2NCCOc3ccc(Cl)cc32)cc1. The monoisotopic (exact) mass is 329 g/mol. The normalized spacial score (nSPS) is 17.4. The smallest absolute Gasteiger partial charge is 0.124 e. The van der Waals surface area contributed by atoms with E-state index in [1.54, 1.807) is 0 Å². The van der Waals surface area contributed by atoms with Gasteiger partial charge in [0, 0.05) is 22.2 Å². The fourth-order valence-electron chi connectivity index (χ4n) is 2.30. The molecular formula is C15H14Cl3NO. The van der Waals surface area contributed by atoms with E-state index in [0.29, 0.717) is 11.6 Å². The first-order valence-electron chi connectivity index (χ1n) is 6.15. The van der Waals surface area contributed by atoms with Crippen molar-refractivity contribution in [1.29, 1.82) is 0 Å². The summed E-state index contributed by atoms with van der Waals surface area (Å²) in [4.78, 5) is 0. The minimum Gasteiger partial charge on any atom is -0.492 e. The Balaban J connectivity index is 0.00000147. The van der Waals surface area contributed by atoms with Crippen LogP contribution in [0.5, 0.6) is 5.75 Å². The van der Waals surface area contributed by atoms with Gasteiger partial charge >= 0.3 is 0 Å². The van der Waals surface area contributed by atoms with Crippen molar-refractivity contribution < 1.29 is 4.74 Å². The Morgan fingerprint density at radius 1 is 1.00 bits per heavy atom. The van der Waals surface area contributed by atoms with Crippen LogP contribution in [-0.4, -0.2) is 13.2 Å². The minimum atomic E-state index is 0. The molecule has 5 heteroatoms. The van der Waals surface area contributed by atoms with Gasteiger partial charge in [0.25, 0.3) is 0 Å². The molecule has 0 bridgehead atoms. The Bertz CT molecular complexity index is 586. The molecule has 0 saturated carbocycles. The summed E-state index contributed by atoms with van der Waals surface area (Å²) in [5.41, 5.74) is 2.21. The highest BCUT2D eigenvalue weighted by Gasteiger charge is 2.21. The molecule has 1 aliphatic heterocycles. The van der Waals surface area contributed by atoms with Crippen LogP contribution in [0, 0.1) is 0 Å². The fourth-order valence-corrected chi connectivity index (χ4v) is 2.61. The van der Waals surface area contributed by atoms with Crippen molar-refractivity contribution in [1.82, 2.24) is 5.32 Å². The van der Waals surface area contributed by atoms with Crippen LogP contribution in [0.15, 0.2) is 42.5 Å². The predicted octanol–water partition coefficient (Wildman–Crippen LogP) is 4.49. The standard InChI is InChI=1S/C15H13Cl2NO.ClH/c16-11-3-1-10(2-4-11)15-13-9-12(17)5-6-14(13)19-8-7-18-15;/h1-6,9,15,18H,7-8H2;1H. The average molecular weight is 331 g/mol. The summed E-state index contributed by atoms with van der Waals surface area (Å²) in [5, 5.41) is 4.92. The van der Waals surface area contributed by atoms with Crippen LogP contribution in [0.4, 0.5) is 0 Å². The van der Waals surface area contributed by atoms with Gasteiger partial charge in [-0.3, -0.25) is 0 Å². The van der Waals surface area contributed by atoms with Crippen LogP contribution in [0.3, 0.4) is 0 Å². The molecular weight excluding hydrogens is 317 g/mol. The lowest BCUT2D eigenvalue weighted by atomic mass is 9.98. The van der Waals surface area contributed by atoms with E-state index in [4.69, 9.17) is 27.9 Å². The topological polar surface area (TPSA) is 21.3 Å². The van der Waals surface area contributed by atoms with E-state index < -0.39 is 0 Å².